The zero-order chi connectivity index (χ0) is 7.44. The monoisotopic (exact) mass is 133 g/mol. The number of carboxylic acids is 1. The fourth-order valence-electron chi connectivity index (χ4n) is 0.406. The predicted molar refractivity (Wildman–Crippen MR) is 31.9 cm³/mol. The molecule has 0 aromatic carbocycles. The maximum Gasteiger partial charge on any atom is 0.334 e. The highest BCUT2D eigenvalue weighted by Crippen LogP contribution is 1.93. The van der Waals surface area contributed by atoms with Crippen LogP contribution in [0.2, 0.25) is 0 Å². The highest BCUT2D eigenvalue weighted by molar-refractivity contribution is 5.72. The number of hydrogen-bond donors (Lipinski definition) is 3. The second-order valence-electron chi connectivity index (χ2n) is 1.86. The Labute approximate surface area is 53.3 Å². The smallest absolute Gasteiger partial charge is 0.334 e. The van der Waals surface area contributed by atoms with Gasteiger partial charge in [-0.2, -0.15) is 0 Å². The molecule has 0 spiro atoms. The molecule has 0 saturated heterocycles. The molecule has 4 nitrogen and oxygen atoms in total. The van der Waals surface area contributed by atoms with E-state index in [1.54, 1.807) is 6.92 Å². The lowest BCUT2D eigenvalue weighted by Gasteiger charge is -2.11. The summed E-state index contributed by atoms with van der Waals surface area (Å²) >= 11 is 0. The van der Waals surface area contributed by atoms with Crippen molar-refractivity contribution in [2.24, 2.45) is 5.73 Å². The first-order chi connectivity index (χ1) is 4.09. The lowest BCUT2D eigenvalue weighted by atomic mass is 10.1. The van der Waals surface area contributed by atoms with Crippen molar-refractivity contribution in [2.45, 2.75) is 25.5 Å². The van der Waals surface area contributed by atoms with Crippen LogP contribution in [0.5, 0.6) is 0 Å². The number of aliphatic hydroxyl groups is 1. The molecule has 0 rings (SSSR count). The summed E-state index contributed by atoms with van der Waals surface area (Å²) < 4.78 is 0. The third-order valence-electron chi connectivity index (χ3n) is 1.13. The average molecular weight is 133 g/mol. The molecule has 0 aliphatic heterocycles. The van der Waals surface area contributed by atoms with E-state index >= 15 is 0 Å². The Kier molecular flexibility index (Phi) is 3.19. The Balaban J connectivity index is 3.72. The van der Waals surface area contributed by atoms with Crippen LogP contribution in [0.1, 0.15) is 13.3 Å². The van der Waals surface area contributed by atoms with E-state index in [1.807, 2.05) is 0 Å². The van der Waals surface area contributed by atoms with Crippen molar-refractivity contribution in [1.29, 1.82) is 0 Å². The van der Waals surface area contributed by atoms with Crippen LogP contribution >= 0.6 is 0 Å². The van der Waals surface area contributed by atoms with Crippen molar-refractivity contribution in [2.75, 3.05) is 0 Å². The van der Waals surface area contributed by atoms with Gasteiger partial charge in [-0.3, -0.25) is 0 Å². The second kappa shape index (κ2) is 3.42. The molecule has 4 N–H and O–H groups in total. The summed E-state index contributed by atoms with van der Waals surface area (Å²) in [5.74, 6) is -1.26. The van der Waals surface area contributed by atoms with E-state index in [0.717, 1.165) is 0 Å². The van der Waals surface area contributed by atoms with E-state index in [4.69, 9.17) is 15.9 Å². The fourth-order valence-corrected chi connectivity index (χ4v) is 0.406. The molecule has 0 saturated carbocycles. The third-order valence-corrected chi connectivity index (χ3v) is 1.13. The number of aliphatic hydroxyl groups excluding tert-OH is 1. The van der Waals surface area contributed by atoms with Crippen LogP contribution in [-0.4, -0.2) is 28.3 Å². The van der Waals surface area contributed by atoms with Gasteiger partial charge in [-0.1, -0.05) is 6.92 Å². The van der Waals surface area contributed by atoms with Crippen LogP contribution in [0.3, 0.4) is 0 Å². The number of carboxylic acid groups (broad SMARTS) is 1. The molecule has 54 valence electrons. The quantitative estimate of drug-likeness (QED) is 0.469. The first-order valence-electron chi connectivity index (χ1n) is 2.76. The number of hydrogen-bond acceptors (Lipinski definition) is 3. The van der Waals surface area contributed by atoms with Crippen LogP contribution in [0, 0.1) is 0 Å². The first-order valence-corrected chi connectivity index (χ1v) is 2.76. The molecule has 0 unspecified atom stereocenters. The van der Waals surface area contributed by atoms with Crippen LogP contribution in [0.4, 0.5) is 0 Å². The Morgan fingerprint density at radius 2 is 2.22 bits per heavy atom. The molecule has 2 atom stereocenters. The zero-order valence-corrected chi connectivity index (χ0v) is 5.24. The summed E-state index contributed by atoms with van der Waals surface area (Å²) in [4.78, 5) is 9.97. The van der Waals surface area contributed by atoms with Crippen molar-refractivity contribution in [3.63, 3.8) is 0 Å². The molecule has 0 aliphatic carbocycles. The summed E-state index contributed by atoms with van der Waals surface area (Å²) in [6.45, 7) is 1.72. The molecule has 0 aromatic rings. The van der Waals surface area contributed by atoms with E-state index < -0.39 is 18.1 Å². The second-order valence-corrected chi connectivity index (χ2v) is 1.86. The Hall–Kier alpha value is -0.610. The predicted octanol–water partition coefficient (Wildman–Crippen LogP) is -0.831. The van der Waals surface area contributed by atoms with E-state index in [-0.39, 0.29) is 0 Å². The number of nitrogens with two attached hydrogens (primary N) is 1. The first kappa shape index (κ1) is 8.39. The number of rotatable bonds is 3. The summed E-state index contributed by atoms with van der Waals surface area (Å²) in [5, 5.41) is 16.8. The van der Waals surface area contributed by atoms with Gasteiger partial charge in [-0.05, 0) is 6.42 Å². The summed E-state index contributed by atoms with van der Waals surface area (Å²) in [5.41, 5.74) is 5.19. The summed E-state index contributed by atoms with van der Waals surface area (Å²) in [6, 6.07) is -0.650. The van der Waals surface area contributed by atoms with Gasteiger partial charge < -0.3 is 15.9 Å². The minimum atomic E-state index is -1.42. The van der Waals surface area contributed by atoms with Gasteiger partial charge in [0.05, 0.1) is 0 Å². The van der Waals surface area contributed by atoms with Crippen molar-refractivity contribution in [3.05, 3.63) is 0 Å². The van der Waals surface area contributed by atoms with Gasteiger partial charge in [0.1, 0.15) is 0 Å². The normalized spacial score (nSPS) is 16.8. The van der Waals surface area contributed by atoms with Gasteiger partial charge in [0.25, 0.3) is 0 Å². The van der Waals surface area contributed by atoms with E-state index in [2.05, 4.69) is 0 Å². The molecule has 0 fully saturated rings. The zero-order valence-electron chi connectivity index (χ0n) is 5.24. The Morgan fingerprint density at radius 3 is 2.33 bits per heavy atom. The van der Waals surface area contributed by atoms with Crippen molar-refractivity contribution >= 4 is 5.97 Å². The molecule has 0 aliphatic rings. The molecular weight excluding hydrogens is 122 g/mol. The number of aliphatic carboxylic acids is 1. The van der Waals surface area contributed by atoms with E-state index in [1.165, 1.54) is 0 Å². The molecule has 0 radical (unpaired) electrons. The van der Waals surface area contributed by atoms with Gasteiger partial charge in [0, 0.05) is 6.04 Å². The minimum absolute atomic E-state index is 0.466. The van der Waals surface area contributed by atoms with Crippen molar-refractivity contribution in [1.82, 2.24) is 0 Å². The van der Waals surface area contributed by atoms with Crippen molar-refractivity contribution < 1.29 is 15.0 Å². The lowest BCUT2D eigenvalue weighted by Crippen LogP contribution is -2.39. The molecular formula is C5H11NO3. The molecule has 0 amide bonds. The third kappa shape index (κ3) is 2.43. The standard InChI is InChI=1S/C5H11NO3/c1-2-3(6)4(7)5(8)9/h3-4,7H,2,6H2,1H3,(H,8,9)/t3-,4-/m1/s1. The van der Waals surface area contributed by atoms with E-state index in [0.29, 0.717) is 6.42 Å². The lowest BCUT2D eigenvalue weighted by molar-refractivity contribution is -0.147. The van der Waals surface area contributed by atoms with Gasteiger partial charge in [-0.25, -0.2) is 4.79 Å². The topological polar surface area (TPSA) is 83.5 Å². The van der Waals surface area contributed by atoms with Crippen molar-refractivity contribution in [3.8, 4) is 0 Å². The van der Waals surface area contributed by atoms with Gasteiger partial charge in [0.15, 0.2) is 6.10 Å². The molecule has 4 heteroatoms. The summed E-state index contributed by atoms with van der Waals surface area (Å²) in [7, 11) is 0. The highest BCUT2D eigenvalue weighted by atomic mass is 16.4. The number of carbonyl (C=O) groups is 1. The SMILES string of the molecule is CC[C@@H](N)[C@@H](O)C(=O)O. The summed E-state index contributed by atoms with van der Waals surface area (Å²) in [6.07, 6.45) is -0.956. The van der Waals surface area contributed by atoms with Crippen LogP contribution in [0.25, 0.3) is 0 Å². The van der Waals surface area contributed by atoms with Gasteiger partial charge in [0.2, 0.25) is 0 Å². The fraction of sp³-hybridized carbons (Fsp3) is 0.800. The average Bonchev–Trinajstić information content (AvgIpc) is 1.84. The maximum atomic E-state index is 9.97. The molecule has 0 heterocycles. The molecule has 9 heavy (non-hydrogen) atoms. The highest BCUT2D eigenvalue weighted by Gasteiger charge is 2.19. The molecule has 0 bridgehead atoms. The van der Waals surface area contributed by atoms with Crippen LogP contribution in [-0.2, 0) is 4.79 Å². The minimum Gasteiger partial charge on any atom is -0.479 e. The molecule has 0 aromatic heterocycles. The van der Waals surface area contributed by atoms with Crippen LogP contribution < -0.4 is 5.73 Å². The Bertz CT molecular complexity index is 104. The Morgan fingerprint density at radius 1 is 1.78 bits per heavy atom. The van der Waals surface area contributed by atoms with E-state index in [9.17, 15) is 4.79 Å². The van der Waals surface area contributed by atoms with Crippen LogP contribution in [0.15, 0.2) is 0 Å². The van der Waals surface area contributed by atoms with Gasteiger partial charge in [-0.15, -0.1) is 0 Å². The van der Waals surface area contributed by atoms with Gasteiger partial charge >= 0.3 is 5.97 Å². The maximum absolute atomic E-state index is 9.97. The largest absolute Gasteiger partial charge is 0.479 e.